The summed E-state index contributed by atoms with van der Waals surface area (Å²) in [5.41, 5.74) is 2.87. The van der Waals surface area contributed by atoms with Gasteiger partial charge in [-0.05, 0) is 36.8 Å². The maximum absolute atomic E-state index is 4.43. The van der Waals surface area contributed by atoms with Crippen LogP contribution in [0.4, 0.5) is 0 Å². The fraction of sp³-hybridized carbons (Fsp3) is 0.417. The Hall–Kier alpha value is -1.27. The smallest absolute Gasteiger partial charge is 0.0946 e. The van der Waals surface area contributed by atoms with Gasteiger partial charge in [0.2, 0.25) is 0 Å². The predicted molar refractivity (Wildman–Crippen MR) is 73.3 cm³/mol. The number of aryl methyl sites for hydroxylation is 2. The molecule has 0 aliphatic carbocycles. The van der Waals surface area contributed by atoms with Gasteiger partial charge in [-0.3, -0.25) is 14.6 Å². The molecule has 1 atom stereocenters. The molecule has 0 aromatic carbocycles. The van der Waals surface area contributed by atoms with Crippen LogP contribution in [0, 0.1) is 6.92 Å². The first-order chi connectivity index (χ1) is 8.67. The molecular weight excluding hydrogens is 294 g/mol. The van der Waals surface area contributed by atoms with Gasteiger partial charge in [-0.25, -0.2) is 0 Å². The van der Waals surface area contributed by atoms with Crippen molar-refractivity contribution in [3.63, 3.8) is 0 Å². The van der Waals surface area contributed by atoms with Crippen molar-refractivity contribution in [3.8, 4) is 0 Å². The van der Waals surface area contributed by atoms with Crippen molar-refractivity contribution in [1.82, 2.24) is 25.1 Å². The summed E-state index contributed by atoms with van der Waals surface area (Å²) in [6.45, 7) is 4.81. The molecule has 0 amide bonds. The molecule has 2 aromatic heterocycles. The topological polar surface area (TPSA) is 55.6 Å². The van der Waals surface area contributed by atoms with Gasteiger partial charge in [0.25, 0.3) is 0 Å². The Morgan fingerprint density at radius 2 is 2.11 bits per heavy atom. The number of rotatable bonds is 4. The van der Waals surface area contributed by atoms with Crippen molar-refractivity contribution in [2.24, 2.45) is 0 Å². The van der Waals surface area contributed by atoms with E-state index in [1.54, 1.807) is 12.4 Å². The van der Waals surface area contributed by atoms with Crippen molar-refractivity contribution in [1.29, 1.82) is 0 Å². The van der Waals surface area contributed by atoms with E-state index in [2.05, 4.69) is 43.2 Å². The Morgan fingerprint density at radius 1 is 1.33 bits per heavy atom. The average Bonchev–Trinajstić information content (AvgIpc) is 2.74. The van der Waals surface area contributed by atoms with Gasteiger partial charge in [0.05, 0.1) is 40.0 Å². The molecule has 0 radical (unpaired) electrons. The van der Waals surface area contributed by atoms with Gasteiger partial charge >= 0.3 is 0 Å². The van der Waals surface area contributed by atoms with Crippen LogP contribution in [-0.4, -0.2) is 26.8 Å². The first-order valence-electron chi connectivity index (χ1n) is 5.84. The lowest BCUT2D eigenvalue weighted by Gasteiger charge is -2.17. The zero-order valence-electron chi connectivity index (χ0n) is 10.7. The minimum atomic E-state index is -0.0186. The number of hydrogen-bond acceptors (Lipinski definition) is 4. The van der Waals surface area contributed by atoms with Crippen LogP contribution in [-0.2, 0) is 6.54 Å². The summed E-state index contributed by atoms with van der Waals surface area (Å²) in [4.78, 5) is 8.73. The highest BCUT2D eigenvalue weighted by Gasteiger charge is 2.21. The third kappa shape index (κ3) is 2.44. The summed E-state index contributed by atoms with van der Waals surface area (Å²) in [6.07, 6.45) is 5.39. The molecule has 5 nitrogen and oxygen atoms in total. The summed E-state index contributed by atoms with van der Waals surface area (Å²) < 4.78 is 2.93. The summed E-state index contributed by atoms with van der Waals surface area (Å²) in [5.74, 6) is 0. The van der Waals surface area contributed by atoms with E-state index in [4.69, 9.17) is 0 Å². The second-order valence-corrected chi connectivity index (χ2v) is 4.85. The Balaban J connectivity index is 2.44. The Kier molecular flexibility index (Phi) is 4.08. The molecule has 0 spiro atoms. The average molecular weight is 310 g/mol. The lowest BCUT2D eigenvalue weighted by atomic mass is 10.1. The molecule has 96 valence electrons. The minimum Gasteiger partial charge on any atom is -0.307 e. The molecule has 2 heterocycles. The van der Waals surface area contributed by atoms with Crippen LogP contribution in [0.2, 0.25) is 0 Å². The van der Waals surface area contributed by atoms with E-state index in [9.17, 15) is 0 Å². The van der Waals surface area contributed by atoms with E-state index in [-0.39, 0.29) is 6.04 Å². The summed E-state index contributed by atoms with van der Waals surface area (Å²) in [5, 5.41) is 7.59. The Bertz CT molecular complexity index is 520. The normalized spacial score (nSPS) is 12.7. The van der Waals surface area contributed by atoms with Gasteiger partial charge in [0, 0.05) is 12.7 Å². The molecule has 1 N–H and O–H groups in total. The molecule has 2 rings (SSSR count). The molecule has 18 heavy (non-hydrogen) atoms. The molecule has 6 heteroatoms. The highest BCUT2D eigenvalue weighted by atomic mass is 79.9. The molecule has 0 aliphatic rings. The van der Waals surface area contributed by atoms with E-state index in [0.29, 0.717) is 0 Å². The maximum Gasteiger partial charge on any atom is 0.0946 e. The van der Waals surface area contributed by atoms with Gasteiger partial charge in [-0.15, -0.1) is 0 Å². The van der Waals surface area contributed by atoms with E-state index < -0.39 is 0 Å². The zero-order chi connectivity index (χ0) is 13.1. The second kappa shape index (κ2) is 5.58. The van der Waals surface area contributed by atoms with Crippen LogP contribution in [0.25, 0.3) is 0 Å². The number of nitrogens with zero attached hydrogens (tertiary/aromatic N) is 4. The molecule has 2 aromatic rings. The summed E-state index contributed by atoms with van der Waals surface area (Å²) >= 11 is 3.54. The van der Waals surface area contributed by atoms with Crippen molar-refractivity contribution in [3.05, 3.63) is 40.1 Å². The number of hydrogen-bond donors (Lipinski definition) is 1. The van der Waals surface area contributed by atoms with Crippen LogP contribution in [0.3, 0.4) is 0 Å². The highest BCUT2D eigenvalue weighted by Crippen LogP contribution is 2.27. The fourth-order valence-electron chi connectivity index (χ4n) is 1.89. The maximum atomic E-state index is 4.43. The lowest BCUT2D eigenvalue weighted by molar-refractivity contribution is 0.552. The SMILES string of the molecule is CCn1ncc(Br)c1C(NC)c1cnc(C)cn1. The quantitative estimate of drug-likeness (QED) is 0.939. The van der Waals surface area contributed by atoms with Crippen LogP contribution < -0.4 is 5.32 Å². The van der Waals surface area contributed by atoms with E-state index in [0.717, 1.165) is 28.1 Å². The zero-order valence-corrected chi connectivity index (χ0v) is 12.3. The first kappa shape index (κ1) is 13.2. The molecule has 0 aliphatic heterocycles. The van der Waals surface area contributed by atoms with Gasteiger partial charge in [-0.2, -0.15) is 5.10 Å². The molecule has 0 saturated carbocycles. The largest absolute Gasteiger partial charge is 0.307 e. The van der Waals surface area contributed by atoms with Crippen LogP contribution in [0.1, 0.15) is 30.0 Å². The number of aromatic nitrogens is 4. The predicted octanol–water partition coefficient (Wildman–Crippen LogP) is 2.07. The van der Waals surface area contributed by atoms with E-state index >= 15 is 0 Å². The van der Waals surface area contributed by atoms with Crippen molar-refractivity contribution in [2.45, 2.75) is 26.4 Å². The van der Waals surface area contributed by atoms with E-state index in [1.807, 2.05) is 24.9 Å². The second-order valence-electron chi connectivity index (χ2n) is 4.00. The van der Waals surface area contributed by atoms with Gasteiger partial charge < -0.3 is 5.32 Å². The standard InChI is InChI=1S/C12H16BrN5/c1-4-18-12(9(13)6-17-18)11(14-3)10-7-15-8(2)5-16-10/h5-7,11,14H,4H2,1-3H3. The van der Waals surface area contributed by atoms with Crippen molar-refractivity contribution >= 4 is 15.9 Å². The van der Waals surface area contributed by atoms with Crippen LogP contribution in [0.5, 0.6) is 0 Å². The molecule has 0 bridgehead atoms. The van der Waals surface area contributed by atoms with Gasteiger partial charge in [0.1, 0.15) is 0 Å². The first-order valence-corrected chi connectivity index (χ1v) is 6.63. The van der Waals surface area contributed by atoms with Crippen molar-refractivity contribution < 1.29 is 0 Å². The molecule has 0 fully saturated rings. The van der Waals surface area contributed by atoms with Crippen LogP contribution >= 0.6 is 15.9 Å². The Labute approximate surface area is 115 Å². The molecule has 0 saturated heterocycles. The third-order valence-corrected chi connectivity index (χ3v) is 3.40. The summed E-state index contributed by atoms with van der Waals surface area (Å²) in [7, 11) is 1.91. The minimum absolute atomic E-state index is 0.0186. The monoisotopic (exact) mass is 309 g/mol. The summed E-state index contributed by atoms with van der Waals surface area (Å²) in [6, 6.07) is -0.0186. The van der Waals surface area contributed by atoms with E-state index in [1.165, 1.54) is 0 Å². The number of halogens is 1. The fourth-order valence-corrected chi connectivity index (χ4v) is 2.41. The van der Waals surface area contributed by atoms with Gasteiger partial charge in [-0.1, -0.05) is 0 Å². The molecular formula is C12H16BrN5. The van der Waals surface area contributed by atoms with Gasteiger partial charge in [0.15, 0.2) is 0 Å². The third-order valence-electron chi connectivity index (χ3n) is 2.79. The molecule has 1 unspecified atom stereocenters. The highest BCUT2D eigenvalue weighted by molar-refractivity contribution is 9.10. The number of nitrogens with one attached hydrogen (secondary N) is 1. The van der Waals surface area contributed by atoms with Crippen molar-refractivity contribution in [2.75, 3.05) is 7.05 Å². The Morgan fingerprint density at radius 3 is 2.67 bits per heavy atom. The van der Waals surface area contributed by atoms with Crippen LogP contribution in [0.15, 0.2) is 23.1 Å². The lowest BCUT2D eigenvalue weighted by Crippen LogP contribution is -2.23.